The van der Waals surface area contributed by atoms with E-state index in [0.717, 1.165) is 5.56 Å². The van der Waals surface area contributed by atoms with Crippen LogP contribution in [0.5, 0.6) is 11.5 Å². The Morgan fingerprint density at radius 1 is 1.37 bits per heavy atom. The largest absolute Gasteiger partial charge is 0.493 e. The third-order valence-electron chi connectivity index (χ3n) is 2.25. The van der Waals surface area contributed by atoms with Gasteiger partial charge in [-0.2, -0.15) is 0 Å². The molecule has 0 aromatic heterocycles. The third kappa shape index (κ3) is 4.87. The van der Waals surface area contributed by atoms with Crippen LogP contribution in [0.1, 0.15) is 12.5 Å². The van der Waals surface area contributed by atoms with Crippen LogP contribution in [-0.4, -0.2) is 26.3 Å². The summed E-state index contributed by atoms with van der Waals surface area (Å²) in [7, 11) is 1.55. The molecule has 19 heavy (non-hydrogen) atoms. The fourth-order valence-electron chi connectivity index (χ4n) is 1.43. The van der Waals surface area contributed by atoms with Gasteiger partial charge in [0.15, 0.2) is 18.1 Å². The van der Waals surface area contributed by atoms with Crippen molar-refractivity contribution in [2.75, 3.05) is 20.3 Å². The second kappa shape index (κ2) is 7.97. The topological polar surface area (TPSA) is 44.8 Å². The number of rotatable bonds is 7. The number of allylic oxidation sites excluding steroid dienone is 1. The zero-order valence-electron chi connectivity index (χ0n) is 11.2. The molecule has 0 saturated carbocycles. The van der Waals surface area contributed by atoms with E-state index in [1.807, 2.05) is 31.2 Å². The summed E-state index contributed by atoms with van der Waals surface area (Å²) in [5.41, 5.74) is 1.00. The Morgan fingerprint density at radius 2 is 2.16 bits per heavy atom. The van der Waals surface area contributed by atoms with Crippen LogP contribution in [0.3, 0.4) is 0 Å². The van der Waals surface area contributed by atoms with Crippen LogP contribution in [0, 0.1) is 0 Å². The molecule has 0 saturated heterocycles. The summed E-state index contributed by atoms with van der Waals surface area (Å²) >= 11 is 0. The second-order valence-electron chi connectivity index (χ2n) is 3.67. The van der Waals surface area contributed by atoms with E-state index < -0.39 is 5.97 Å². The van der Waals surface area contributed by atoms with Crippen molar-refractivity contribution in [3.8, 4) is 11.5 Å². The molecule has 0 atom stereocenters. The Bertz CT molecular complexity index is 463. The Balaban J connectivity index is 2.67. The molecule has 102 valence electrons. The first-order valence-corrected chi connectivity index (χ1v) is 5.91. The Hall–Kier alpha value is -2.23. The number of esters is 1. The summed E-state index contributed by atoms with van der Waals surface area (Å²) in [6.07, 6.45) is 5.39. The van der Waals surface area contributed by atoms with E-state index in [2.05, 4.69) is 6.58 Å². The van der Waals surface area contributed by atoms with Gasteiger partial charge in [0.05, 0.1) is 7.11 Å². The molecule has 0 N–H and O–H groups in total. The summed E-state index contributed by atoms with van der Waals surface area (Å²) in [6.45, 7) is 5.42. The number of methoxy groups -OCH3 is 1. The number of carbonyl (C=O) groups excluding carboxylic acids is 1. The zero-order chi connectivity index (χ0) is 14.1. The summed E-state index contributed by atoms with van der Waals surface area (Å²) in [6, 6.07) is 5.48. The lowest BCUT2D eigenvalue weighted by Crippen LogP contribution is -2.15. The standard InChI is InChI=1S/C15H18O4/c1-4-6-12-7-8-13(14(10-12)17-3)19-11-15(16)18-9-5-2/h4-8,10H,2,9,11H2,1,3H3. The molecule has 0 amide bonds. The molecular formula is C15H18O4. The van der Waals surface area contributed by atoms with Gasteiger partial charge in [0.25, 0.3) is 0 Å². The maximum atomic E-state index is 11.3. The molecule has 1 rings (SSSR count). The lowest BCUT2D eigenvalue weighted by Gasteiger charge is -2.10. The summed E-state index contributed by atoms with van der Waals surface area (Å²) in [4.78, 5) is 11.3. The van der Waals surface area contributed by atoms with Crippen molar-refractivity contribution in [3.05, 3.63) is 42.5 Å². The van der Waals surface area contributed by atoms with E-state index in [1.54, 1.807) is 13.2 Å². The van der Waals surface area contributed by atoms with Gasteiger partial charge in [-0.15, -0.1) is 0 Å². The minimum atomic E-state index is -0.445. The second-order valence-corrected chi connectivity index (χ2v) is 3.67. The van der Waals surface area contributed by atoms with Crippen molar-refractivity contribution in [1.82, 2.24) is 0 Å². The smallest absolute Gasteiger partial charge is 0.344 e. The van der Waals surface area contributed by atoms with E-state index in [4.69, 9.17) is 14.2 Å². The van der Waals surface area contributed by atoms with Crippen LogP contribution in [0.2, 0.25) is 0 Å². The Morgan fingerprint density at radius 3 is 2.79 bits per heavy atom. The van der Waals surface area contributed by atoms with Crippen LogP contribution >= 0.6 is 0 Å². The Kier molecular flexibility index (Phi) is 6.22. The van der Waals surface area contributed by atoms with Crippen molar-refractivity contribution in [2.45, 2.75) is 6.92 Å². The number of hydrogen-bond acceptors (Lipinski definition) is 4. The molecule has 0 bridgehead atoms. The predicted molar refractivity (Wildman–Crippen MR) is 74.4 cm³/mol. The maximum Gasteiger partial charge on any atom is 0.344 e. The highest BCUT2D eigenvalue weighted by molar-refractivity contribution is 5.71. The first-order chi connectivity index (χ1) is 9.21. The van der Waals surface area contributed by atoms with Crippen LogP contribution in [0.4, 0.5) is 0 Å². The fraction of sp³-hybridized carbons (Fsp3) is 0.267. The molecule has 4 nitrogen and oxygen atoms in total. The van der Waals surface area contributed by atoms with E-state index in [-0.39, 0.29) is 13.2 Å². The van der Waals surface area contributed by atoms with Gasteiger partial charge in [-0.05, 0) is 24.6 Å². The quantitative estimate of drug-likeness (QED) is 0.560. The first kappa shape index (κ1) is 14.8. The lowest BCUT2D eigenvalue weighted by atomic mass is 10.2. The van der Waals surface area contributed by atoms with Gasteiger partial charge in [0.1, 0.15) is 6.61 Å². The van der Waals surface area contributed by atoms with E-state index in [0.29, 0.717) is 11.5 Å². The highest BCUT2D eigenvalue weighted by Gasteiger charge is 2.08. The molecule has 4 heteroatoms. The SMILES string of the molecule is C=CCOC(=O)COc1ccc(C=CC)cc1OC. The number of carbonyl (C=O) groups is 1. The summed E-state index contributed by atoms with van der Waals surface area (Å²) in [5.74, 6) is 0.637. The average molecular weight is 262 g/mol. The van der Waals surface area contributed by atoms with E-state index >= 15 is 0 Å². The molecule has 0 radical (unpaired) electrons. The van der Waals surface area contributed by atoms with Crippen LogP contribution in [-0.2, 0) is 9.53 Å². The van der Waals surface area contributed by atoms with Gasteiger partial charge in [-0.25, -0.2) is 4.79 Å². The molecule has 1 aromatic carbocycles. The molecular weight excluding hydrogens is 244 g/mol. The van der Waals surface area contributed by atoms with Crippen molar-refractivity contribution in [2.24, 2.45) is 0 Å². The normalized spacial score (nSPS) is 10.2. The van der Waals surface area contributed by atoms with Crippen LogP contribution in [0.15, 0.2) is 36.9 Å². The van der Waals surface area contributed by atoms with Gasteiger partial charge >= 0.3 is 5.97 Å². The fourth-order valence-corrected chi connectivity index (χ4v) is 1.43. The van der Waals surface area contributed by atoms with Crippen molar-refractivity contribution < 1.29 is 19.0 Å². The van der Waals surface area contributed by atoms with Crippen molar-refractivity contribution in [1.29, 1.82) is 0 Å². The highest BCUT2D eigenvalue weighted by atomic mass is 16.6. The first-order valence-electron chi connectivity index (χ1n) is 5.91. The zero-order valence-corrected chi connectivity index (χ0v) is 11.2. The molecule has 0 aliphatic rings. The van der Waals surface area contributed by atoms with Crippen LogP contribution < -0.4 is 9.47 Å². The van der Waals surface area contributed by atoms with E-state index in [1.165, 1.54) is 6.08 Å². The van der Waals surface area contributed by atoms with Crippen molar-refractivity contribution in [3.63, 3.8) is 0 Å². The summed E-state index contributed by atoms with van der Waals surface area (Å²) < 4.78 is 15.4. The number of hydrogen-bond donors (Lipinski definition) is 0. The average Bonchev–Trinajstić information content (AvgIpc) is 2.43. The highest BCUT2D eigenvalue weighted by Crippen LogP contribution is 2.28. The molecule has 0 unspecified atom stereocenters. The minimum Gasteiger partial charge on any atom is -0.493 e. The van der Waals surface area contributed by atoms with Crippen LogP contribution in [0.25, 0.3) is 6.08 Å². The minimum absolute atomic E-state index is 0.160. The summed E-state index contributed by atoms with van der Waals surface area (Å²) in [5, 5.41) is 0. The number of benzene rings is 1. The molecule has 1 aromatic rings. The number of ether oxygens (including phenoxy) is 3. The van der Waals surface area contributed by atoms with Gasteiger partial charge in [-0.1, -0.05) is 30.9 Å². The van der Waals surface area contributed by atoms with Gasteiger partial charge in [0, 0.05) is 0 Å². The molecule has 0 aliphatic heterocycles. The molecule has 0 spiro atoms. The van der Waals surface area contributed by atoms with Gasteiger partial charge in [0.2, 0.25) is 0 Å². The predicted octanol–water partition coefficient (Wildman–Crippen LogP) is 2.84. The Labute approximate surface area is 113 Å². The third-order valence-corrected chi connectivity index (χ3v) is 2.25. The molecule has 0 aliphatic carbocycles. The maximum absolute atomic E-state index is 11.3. The molecule has 0 heterocycles. The lowest BCUT2D eigenvalue weighted by molar-refractivity contribution is -0.144. The van der Waals surface area contributed by atoms with Gasteiger partial charge < -0.3 is 14.2 Å². The monoisotopic (exact) mass is 262 g/mol. The van der Waals surface area contributed by atoms with Gasteiger partial charge in [-0.3, -0.25) is 0 Å². The molecule has 0 fully saturated rings. The van der Waals surface area contributed by atoms with E-state index in [9.17, 15) is 4.79 Å². The van der Waals surface area contributed by atoms with Crippen molar-refractivity contribution >= 4 is 12.0 Å².